The van der Waals surface area contributed by atoms with Crippen molar-refractivity contribution in [2.24, 2.45) is 5.92 Å². The van der Waals surface area contributed by atoms with Gasteiger partial charge in [0.15, 0.2) is 9.84 Å². The second-order valence-electron chi connectivity index (χ2n) is 8.78. The van der Waals surface area contributed by atoms with E-state index >= 15 is 0 Å². The molecule has 0 aliphatic heterocycles. The number of aliphatic hydroxyl groups is 1. The van der Waals surface area contributed by atoms with E-state index < -0.39 is 9.84 Å². The fourth-order valence-electron chi connectivity index (χ4n) is 4.47. The molecule has 2 aliphatic rings. The first-order chi connectivity index (χ1) is 14.9. The van der Waals surface area contributed by atoms with Gasteiger partial charge in [-0.2, -0.15) is 5.10 Å². The number of rotatable bonds is 6. The largest absolute Gasteiger partial charge is 0.495 e. The van der Waals surface area contributed by atoms with E-state index in [4.69, 9.17) is 9.84 Å². The number of ether oxygens (including phenoxy) is 1. The Kier molecular flexibility index (Phi) is 5.30. The van der Waals surface area contributed by atoms with Gasteiger partial charge in [-0.1, -0.05) is 11.3 Å². The van der Waals surface area contributed by atoms with Crippen molar-refractivity contribution in [2.45, 2.75) is 62.4 Å². The summed E-state index contributed by atoms with van der Waals surface area (Å²) in [7, 11) is -2.06. The molecular weight excluding hydrogens is 434 g/mol. The first-order valence-electron chi connectivity index (χ1n) is 10.8. The maximum absolute atomic E-state index is 13.4. The normalized spacial score (nSPS) is 22.2. The van der Waals surface area contributed by atoms with Crippen LogP contribution in [0, 0.1) is 12.8 Å². The molecule has 0 saturated heterocycles. The number of imidazole rings is 1. The Labute approximate surface area is 186 Å². The number of hydrogen-bond acceptors (Lipinski definition) is 7. The molecule has 1 aromatic carbocycles. The molecule has 0 bridgehead atoms. The number of hydrogen-bond donors (Lipinski definition) is 1. The number of aliphatic hydroxyl groups excluding tert-OH is 1. The van der Waals surface area contributed by atoms with E-state index in [1.807, 2.05) is 17.5 Å². The highest BCUT2D eigenvalue weighted by Gasteiger charge is 2.30. The summed E-state index contributed by atoms with van der Waals surface area (Å²) in [5.41, 5.74) is 2.44. The fraction of sp³-hybridized carbons (Fsp3) is 0.545. The van der Waals surface area contributed by atoms with Crippen molar-refractivity contribution in [2.75, 3.05) is 12.9 Å². The van der Waals surface area contributed by atoms with Crippen molar-refractivity contribution >= 4 is 26.1 Å². The van der Waals surface area contributed by atoms with Gasteiger partial charge in [0.25, 0.3) is 0 Å². The predicted octanol–water partition coefficient (Wildman–Crippen LogP) is 3.98. The van der Waals surface area contributed by atoms with Crippen molar-refractivity contribution in [3.63, 3.8) is 0 Å². The van der Waals surface area contributed by atoms with E-state index in [-0.39, 0.29) is 22.7 Å². The summed E-state index contributed by atoms with van der Waals surface area (Å²) in [6.07, 6.45) is 4.83. The molecule has 1 N–H and O–H groups in total. The fourth-order valence-corrected chi connectivity index (χ4v) is 7.48. The van der Waals surface area contributed by atoms with Crippen LogP contribution >= 0.6 is 11.3 Å². The minimum atomic E-state index is -3.55. The number of sulfone groups is 1. The van der Waals surface area contributed by atoms with Gasteiger partial charge < -0.3 is 9.84 Å². The molecule has 5 rings (SSSR count). The minimum absolute atomic E-state index is 0.0600. The zero-order chi connectivity index (χ0) is 21.8. The molecule has 2 aliphatic carbocycles. The number of methoxy groups -OCH3 is 1. The lowest BCUT2D eigenvalue weighted by Gasteiger charge is -2.25. The number of benzene rings is 1. The van der Waals surface area contributed by atoms with Crippen molar-refractivity contribution in [3.8, 4) is 17.0 Å². The molecule has 0 radical (unpaired) electrons. The maximum atomic E-state index is 13.4. The first kappa shape index (κ1) is 20.9. The Morgan fingerprint density at radius 3 is 2.61 bits per heavy atom. The zero-order valence-electron chi connectivity index (χ0n) is 17.7. The van der Waals surface area contributed by atoms with E-state index in [9.17, 15) is 13.5 Å². The summed E-state index contributed by atoms with van der Waals surface area (Å²) in [5, 5.41) is 15.6. The Bertz CT molecular complexity index is 1220. The number of nitrogens with zero attached hydrogens (tertiary/aromatic N) is 3. The van der Waals surface area contributed by atoms with Gasteiger partial charge in [0.05, 0.1) is 30.4 Å². The molecule has 7 nitrogen and oxygen atoms in total. The van der Waals surface area contributed by atoms with Crippen LogP contribution in [0.4, 0.5) is 0 Å². The third-order valence-corrected chi connectivity index (χ3v) is 9.33. The summed E-state index contributed by atoms with van der Waals surface area (Å²) < 4.78 is 34.0. The lowest BCUT2D eigenvalue weighted by atomic mass is 9.89. The van der Waals surface area contributed by atoms with E-state index in [0.717, 1.165) is 39.8 Å². The molecule has 2 heterocycles. The lowest BCUT2D eigenvalue weighted by molar-refractivity contribution is 0.113. The van der Waals surface area contributed by atoms with Crippen LogP contribution in [0.1, 0.15) is 55.1 Å². The van der Waals surface area contributed by atoms with E-state index in [0.29, 0.717) is 24.5 Å². The second-order valence-corrected chi connectivity index (χ2v) is 11.8. The van der Waals surface area contributed by atoms with E-state index in [1.165, 1.54) is 20.0 Å². The summed E-state index contributed by atoms with van der Waals surface area (Å²) in [6, 6.07) is 5.31. The first-order valence-corrected chi connectivity index (χ1v) is 13.3. The van der Waals surface area contributed by atoms with Gasteiger partial charge in [-0.25, -0.2) is 17.9 Å². The SMILES string of the molecule is COc1ccc(-c2c(C)nc3sc(C4CC4)nn23)cc1S(=O)(=O)CC1CCC(O)CC1. The third kappa shape index (κ3) is 3.99. The highest BCUT2D eigenvalue weighted by atomic mass is 32.2. The smallest absolute Gasteiger partial charge is 0.212 e. The highest BCUT2D eigenvalue weighted by molar-refractivity contribution is 7.91. The molecule has 0 amide bonds. The van der Waals surface area contributed by atoms with Gasteiger partial charge in [0.1, 0.15) is 15.7 Å². The monoisotopic (exact) mass is 461 g/mol. The summed E-state index contributed by atoms with van der Waals surface area (Å²) >= 11 is 1.62. The van der Waals surface area contributed by atoms with Gasteiger partial charge in [0.2, 0.25) is 4.96 Å². The van der Waals surface area contributed by atoms with Gasteiger partial charge in [0, 0.05) is 11.5 Å². The Morgan fingerprint density at radius 2 is 1.94 bits per heavy atom. The lowest BCUT2D eigenvalue weighted by Crippen LogP contribution is -2.24. The van der Waals surface area contributed by atoms with E-state index in [2.05, 4.69) is 4.98 Å². The second kappa shape index (κ2) is 7.86. The standard InChI is InChI=1S/C22H27N3O4S2/c1-13-20(25-22(23-13)30-21(24-25)15-5-6-15)16-7-10-18(29-2)19(11-16)31(27,28)12-14-3-8-17(26)9-4-14/h7,10-11,14-15,17,26H,3-6,8-9,12H2,1-2H3. The van der Waals surface area contributed by atoms with Crippen molar-refractivity contribution in [1.29, 1.82) is 0 Å². The van der Waals surface area contributed by atoms with Crippen LogP contribution < -0.4 is 4.74 Å². The Balaban J connectivity index is 1.53. The third-order valence-electron chi connectivity index (χ3n) is 6.36. The number of aryl methyl sites for hydroxylation is 1. The molecule has 2 aromatic heterocycles. The molecule has 31 heavy (non-hydrogen) atoms. The summed E-state index contributed by atoms with van der Waals surface area (Å²) in [5.74, 6) is 1.03. The average molecular weight is 462 g/mol. The zero-order valence-corrected chi connectivity index (χ0v) is 19.4. The molecule has 166 valence electrons. The van der Waals surface area contributed by atoms with Gasteiger partial charge in [-0.05, 0) is 69.6 Å². The topological polar surface area (TPSA) is 93.8 Å². The van der Waals surface area contributed by atoms with Crippen molar-refractivity contribution < 1.29 is 18.3 Å². The van der Waals surface area contributed by atoms with Crippen LogP contribution in [0.3, 0.4) is 0 Å². The van der Waals surface area contributed by atoms with Crippen molar-refractivity contribution in [1.82, 2.24) is 14.6 Å². The van der Waals surface area contributed by atoms with Crippen molar-refractivity contribution in [3.05, 3.63) is 28.9 Å². The predicted molar refractivity (Wildman–Crippen MR) is 120 cm³/mol. The molecule has 0 unspecified atom stereocenters. The number of aromatic nitrogens is 3. The average Bonchev–Trinajstić information content (AvgIpc) is 3.44. The Morgan fingerprint density at radius 1 is 1.19 bits per heavy atom. The molecular formula is C22H27N3O4S2. The van der Waals surface area contributed by atoms with Crippen LogP contribution in [0.5, 0.6) is 5.75 Å². The highest BCUT2D eigenvalue weighted by Crippen LogP contribution is 2.43. The molecule has 0 spiro atoms. The van der Waals surface area contributed by atoms with Gasteiger partial charge in [-0.15, -0.1) is 0 Å². The molecule has 2 saturated carbocycles. The minimum Gasteiger partial charge on any atom is -0.495 e. The van der Waals surface area contributed by atoms with Gasteiger partial charge >= 0.3 is 0 Å². The van der Waals surface area contributed by atoms with Crippen LogP contribution in [0.2, 0.25) is 0 Å². The Hall–Kier alpha value is -1.97. The molecule has 3 aromatic rings. The van der Waals surface area contributed by atoms with Crippen LogP contribution in [0.15, 0.2) is 23.1 Å². The molecule has 2 fully saturated rings. The van der Waals surface area contributed by atoms with Crippen LogP contribution in [0.25, 0.3) is 16.2 Å². The van der Waals surface area contributed by atoms with E-state index in [1.54, 1.807) is 23.5 Å². The molecule has 0 atom stereocenters. The van der Waals surface area contributed by atoms with Gasteiger partial charge in [-0.3, -0.25) is 0 Å². The molecule has 9 heteroatoms. The van der Waals surface area contributed by atoms with Crippen LogP contribution in [-0.2, 0) is 9.84 Å². The number of fused-ring (bicyclic) bond motifs is 1. The summed E-state index contributed by atoms with van der Waals surface area (Å²) in [6.45, 7) is 1.93. The quantitative estimate of drug-likeness (QED) is 0.597. The maximum Gasteiger partial charge on any atom is 0.212 e. The van der Waals surface area contributed by atoms with Crippen LogP contribution in [-0.4, -0.2) is 47.1 Å². The summed E-state index contributed by atoms with van der Waals surface area (Å²) in [4.78, 5) is 5.73.